The van der Waals surface area contributed by atoms with E-state index in [1.807, 2.05) is 6.08 Å². The zero-order valence-electron chi connectivity index (χ0n) is 17.0. The third kappa shape index (κ3) is 2.12. The minimum atomic E-state index is -0.830. The van der Waals surface area contributed by atoms with E-state index >= 15 is 0 Å². The number of esters is 1. The lowest BCUT2D eigenvalue weighted by molar-refractivity contribution is -0.300. The molecule has 4 heteroatoms. The van der Waals surface area contributed by atoms with Crippen molar-refractivity contribution in [2.75, 3.05) is 14.2 Å². The molecule has 2 aliphatic heterocycles. The number of carbonyl (C=O) groups is 1. The predicted molar refractivity (Wildman–Crippen MR) is 99.4 cm³/mol. The highest BCUT2D eigenvalue weighted by Gasteiger charge is 2.67. The quantitative estimate of drug-likeness (QED) is 0.553. The van der Waals surface area contributed by atoms with Gasteiger partial charge in [-0.3, -0.25) is 0 Å². The molecule has 4 aliphatic rings. The number of carbonyl (C=O) groups excluding carboxylic acids is 1. The van der Waals surface area contributed by atoms with Crippen molar-refractivity contribution in [2.24, 2.45) is 22.7 Å². The summed E-state index contributed by atoms with van der Waals surface area (Å²) < 4.78 is 17.4. The molecule has 0 N–H and O–H groups in total. The van der Waals surface area contributed by atoms with Crippen LogP contribution in [0.5, 0.6) is 0 Å². The molecule has 2 fully saturated rings. The van der Waals surface area contributed by atoms with Crippen molar-refractivity contribution in [3.05, 3.63) is 22.8 Å². The molecule has 4 rings (SSSR count). The maximum atomic E-state index is 12.4. The van der Waals surface area contributed by atoms with Gasteiger partial charge in [0.05, 0.1) is 18.8 Å². The Balaban J connectivity index is 1.86. The van der Waals surface area contributed by atoms with Crippen LogP contribution in [0.4, 0.5) is 0 Å². The molecule has 0 spiro atoms. The van der Waals surface area contributed by atoms with Crippen LogP contribution in [-0.4, -0.2) is 32.1 Å². The first kappa shape index (κ1) is 18.2. The first-order valence-corrected chi connectivity index (χ1v) is 9.99. The molecule has 4 nitrogen and oxygen atoms in total. The lowest BCUT2D eigenvalue weighted by atomic mass is 9.52. The number of hydrogen-bond acceptors (Lipinski definition) is 4. The fourth-order valence-corrected chi connectivity index (χ4v) is 6.34. The van der Waals surface area contributed by atoms with Gasteiger partial charge in [0.1, 0.15) is 0 Å². The molecule has 0 amide bonds. The largest absolute Gasteiger partial charge is 0.466 e. The topological polar surface area (TPSA) is 44.8 Å². The molecule has 0 aromatic heterocycles. The summed E-state index contributed by atoms with van der Waals surface area (Å²) >= 11 is 0. The fraction of sp³-hybridized carbons (Fsp3) is 0.773. The van der Waals surface area contributed by atoms with Crippen LogP contribution in [0.25, 0.3) is 0 Å². The van der Waals surface area contributed by atoms with Crippen LogP contribution < -0.4 is 0 Å². The van der Waals surface area contributed by atoms with E-state index in [0.717, 1.165) is 19.3 Å². The van der Waals surface area contributed by atoms with Gasteiger partial charge in [0.2, 0.25) is 0 Å². The molecule has 2 aliphatic carbocycles. The average molecular weight is 360 g/mol. The molecule has 5 atom stereocenters. The highest BCUT2D eigenvalue weighted by molar-refractivity contribution is 5.90. The summed E-state index contributed by atoms with van der Waals surface area (Å²) in [5.74, 6) is -0.161. The molecular formula is C22H32O4. The summed E-state index contributed by atoms with van der Waals surface area (Å²) in [6.45, 7) is 9.38. The Hall–Kier alpha value is -1.13. The van der Waals surface area contributed by atoms with E-state index in [-0.39, 0.29) is 17.5 Å². The Bertz CT molecular complexity index is 705. The molecule has 1 saturated heterocycles. The van der Waals surface area contributed by atoms with Crippen LogP contribution in [0.3, 0.4) is 0 Å². The van der Waals surface area contributed by atoms with Gasteiger partial charge in [-0.15, -0.1) is 0 Å². The van der Waals surface area contributed by atoms with Crippen LogP contribution in [0.15, 0.2) is 22.8 Å². The normalized spacial score (nSPS) is 44.0. The third-order valence-electron chi connectivity index (χ3n) is 7.93. The molecule has 0 unspecified atom stereocenters. The summed E-state index contributed by atoms with van der Waals surface area (Å²) in [6, 6.07) is 0. The summed E-state index contributed by atoms with van der Waals surface area (Å²) in [6.07, 6.45) is 7.22. The van der Waals surface area contributed by atoms with E-state index in [9.17, 15) is 4.79 Å². The second kappa shape index (κ2) is 5.68. The Morgan fingerprint density at radius 1 is 1.23 bits per heavy atom. The van der Waals surface area contributed by atoms with Gasteiger partial charge in [-0.1, -0.05) is 38.8 Å². The maximum Gasteiger partial charge on any atom is 0.336 e. The van der Waals surface area contributed by atoms with E-state index in [4.69, 9.17) is 14.2 Å². The molecular weight excluding hydrogens is 328 g/mol. The SMILES string of the molecule is COC(=O)C1=C[C@@]2(OC)O[C@@H]1C[C@@H]1C3=C(C(C)C)CC[C@]3(C)CC[C@]12C. The lowest BCUT2D eigenvalue weighted by Crippen LogP contribution is -2.59. The van der Waals surface area contributed by atoms with Gasteiger partial charge in [-0.2, -0.15) is 0 Å². The minimum absolute atomic E-state index is 0.159. The van der Waals surface area contributed by atoms with Crippen molar-refractivity contribution < 1.29 is 19.0 Å². The molecule has 1 saturated carbocycles. The molecule has 0 aromatic rings. The first-order chi connectivity index (χ1) is 12.2. The maximum absolute atomic E-state index is 12.4. The number of ether oxygens (including phenoxy) is 3. The number of fused-ring (bicyclic) bond motifs is 6. The van der Waals surface area contributed by atoms with Gasteiger partial charge in [-0.05, 0) is 55.4 Å². The van der Waals surface area contributed by atoms with Crippen LogP contribution in [0.2, 0.25) is 0 Å². The number of methoxy groups -OCH3 is 2. The summed E-state index contributed by atoms with van der Waals surface area (Å²) in [5.41, 5.74) is 4.05. The molecule has 0 radical (unpaired) electrons. The monoisotopic (exact) mass is 360 g/mol. The van der Waals surface area contributed by atoms with Crippen molar-refractivity contribution in [2.45, 2.75) is 71.7 Å². The van der Waals surface area contributed by atoms with Crippen LogP contribution in [0.1, 0.15) is 59.8 Å². The first-order valence-electron chi connectivity index (χ1n) is 9.99. The van der Waals surface area contributed by atoms with Crippen molar-refractivity contribution in [1.82, 2.24) is 0 Å². The van der Waals surface area contributed by atoms with Crippen molar-refractivity contribution in [3.8, 4) is 0 Å². The summed E-state index contributed by atoms with van der Waals surface area (Å²) in [7, 11) is 3.15. The van der Waals surface area contributed by atoms with Crippen LogP contribution in [0, 0.1) is 22.7 Å². The van der Waals surface area contributed by atoms with Gasteiger partial charge in [-0.25, -0.2) is 4.79 Å². The van der Waals surface area contributed by atoms with Gasteiger partial charge >= 0.3 is 5.97 Å². The summed E-state index contributed by atoms with van der Waals surface area (Å²) in [5, 5.41) is 0. The smallest absolute Gasteiger partial charge is 0.336 e. The average Bonchev–Trinajstić information content (AvgIpc) is 3.14. The van der Waals surface area contributed by atoms with Gasteiger partial charge in [0, 0.05) is 12.5 Å². The van der Waals surface area contributed by atoms with E-state index in [1.165, 1.54) is 20.0 Å². The molecule has 26 heavy (non-hydrogen) atoms. The van der Waals surface area contributed by atoms with E-state index in [2.05, 4.69) is 27.7 Å². The standard InChI is InChI=1S/C22H32O4/c1-13(2)14-7-8-20(3)9-10-21(4)16(18(14)20)11-17-15(19(23)24-5)12-22(21,25-6)26-17/h12-13,16-17H,7-11H2,1-6H3/t16-,17-,20-,21-,22-/m1/s1. The number of rotatable bonds is 3. The lowest BCUT2D eigenvalue weighted by Gasteiger charge is -2.58. The van der Waals surface area contributed by atoms with Gasteiger partial charge in [0.25, 0.3) is 0 Å². The number of allylic oxidation sites excluding steroid dienone is 2. The Labute approximate surface area is 157 Å². The van der Waals surface area contributed by atoms with Crippen molar-refractivity contribution in [1.29, 1.82) is 0 Å². The Morgan fingerprint density at radius 3 is 2.58 bits per heavy atom. The molecule has 0 aromatic carbocycles. The molecule has 144 valence electrons. The number of hydrogen-bond donors (Lipinski definition) is 0. The van der Waals surface area contributed by atoms with E-state index in [1.54, 1.807) is 18.3 Å². The van der Waals surface area contributed by atoms with E-state index in [0.29, 0.717) is 22.8 Å². The summed E-state index contributed by atoms with van der Waals surface area (Å²) in [4.78, 5) is 12.4. The van der Waals surface area contributed by atoms with Gasteiger partial charge < -0.3 is 14.2 Å². The zero-order valence-corrected chi connectivity index (χ0v) is 17.0. The second-order valence-corrected chi connectivity index (χ2v) is 9.43. The minimum Gasteiger partial charge on any atom is -0.466 e. The fourth-order valence-electron chi connectivity index (χ4n) is 6.34. The van der Waals surface area contributed by atoms with Crippen molar-refractivity contribution in [3.63, 3.8) is 0 Å². The Morgan fingerprint density at radius 2 is 1.96 bits per heavy atom. The van der Waals surface area contributed by atoms with Crippen molar-refractivity contribution >= 4 is 5.97 Å². The molecule has 2 heterocycles. The highest BCUT2D eigenvalue weighted by atomic mass is 16.7. The van der Waals surface area contributed by atoms with Gasteiger partial charge in [0.15, 0.2) is 5.79 Å². The zero-order chi connectivity index (χ0) is 18.9. The second-order valence-electron chi connectivity index (χ2n) is 9.43. The van der Waals surface area contributed by atoms with Crippen LogP contribution in [-0.2, 0) is 19.0 Å². The highest BCUT2D eigenvalue weighted by Crippen LogP contribution is 2.68. The third-order valence-corrected chi connectivity index (χ3v) is 7.93. The van der Waals surface area contributed by atoms with E-state index < -0.39 is 5.79 Å². The predicted octanol–water partition coefficient (Wildman–Crippen LogP) is 4.40. The Kier molecular flexibility index (Phi) is 3.99. The molecule has 2 bridgehead atoms. The van der Waals surface area contributed by atoms with Crippen LogP contribution >= 0.6 is 0 Å².